The van der Waals surface area contributed by atoms with E-state index < -0.39 is 0 Å². The molecule has 0 aliphatic carbocycles. The Kier molecular flexibility index (Phi) is 5.25. The van der Waals surface area contributed by atoms with Crippen LogP contribution in [-0.2, 0) is 0 Å². The second-order valence-electron chi connectivity index (χ2n) is 6.75. The molecular weight excluding hydrogens is 358 g/mol. The first kappa shape index (κ1) is 17.8. The Bertz CT molecular complexity index is 890. The van der Waals surface area contributed by atoms with Crippen LogP contribution in [0.15, 0.2) is 48.5 Å². The Hall–Kier alpha value is -2.60. The zero-order chi connectivity index (χ0) is 18.6. The Morgan fingerprint density at radius 1 is 1.15 bits per heavy atom. The highest BCUT2D eigenvalue weighted by Gasteiger charge is 2.27. The van der Waals surface area contributed by atoms with Crippen molar-refractivity contribution in [3.63, 3.8) is 0 Å². The number of para-hydroxylation sites is 1. The van der Waals surface area contributed by atoms with Crippen LogP contribution in [-0.4, -0.2) is 29.6 Å². The topological polar surface area (TPSA) is 54.5 Å². The zero-order valence-electron chi connectivity index (χ0n) is 15.4. The molecule has 1 aromatic heterocycles. The van der Waals surface area contributed by atoms with Crippen molar-refractivity contribution in [1.29, 1.82) is 0 Å². The number of hydrogen-bond acceptors (Lipinski definition) is 4. The van der Waals surface area contributed by atoms with Gasteiger partial charge in [0.1, 0.15) is 5.75 Å². The van der Waals surface area contributed by atoms with Gasteiger partial charge in [-0.1, -0.05) is 48.4 Å². The molecule has 140 valence electrons. The van der Waals surface area contributed by atoms with Crippen LogP contribution in [0, 0.1) is 0 Å². The van der Waals surface area contributed by atoms with E-state index in [0.717, 1.165) is 53.8 Å². The minimum atomic E-state index is -0.0724. The second kappa shape index (κ2) is 7.96. The van der Waals surface area contributed by atoms with Crippen LogP contribution < -0.4 is 10.1 Å². The minimum absolute atomic E-state index is 0.0724. The first-order valence-corrected chi connectivity index (χ1v) is 10.1. The Labute approximate surface area is 163 Å². The number of nitrogens with one attached hydrogen (secondary N) is 1. The molecule has 0 bridgehead atoms. The summed E-state index contributed by atoms with van der Waals surface area (Å²) in [6, 6.07) is 16.0. The molecule has 4 rings (SSSR count). The van der Waals surface area contributed by atoms with Crippen LogP contribution in [0.1, 0.15) is 37.3 Å². The lowest BCUT2D eigenvalue weighted by atomic mass is 10.0. The van der Waals surface area contributed by atoms with Crippen LogP contribution in [0.25, 0.3) is 10.2 Å². The summed E-state index contributed by atoms with van der Waals surface area (Å²) in [5.74, 6) is 0.831. The van der Waals surface area contributed by atoms with Gasteiger partial charge in [-0.25, -0.2) is 9.78 Å². The van der Waals surface area contributed by atoms with E-state index in [-0.39, 0.29) is 12.1 Å². The summed E-state index contributed by atoms with van der Waals surface area (Å²) in [6.45, 7) is 0.757. The van der Waals surface area contributed by atoms with E-state index in [1.807, 2.05) is 41.3 Å². The van der Waals surface area contributed by atoms with Gasteiger partial charge >= 0.3 is 6.03 Å². The van der Waals surface area contributed by atoms with Crippen molar-refractivity contribution in [2.24, 2.45) is 0 Å². The molecule has 1 saturated heterocycles. The predicted molar refractivity (Wildman–Crippen MR) is 110 cm³/mol. The molecule has 1 aliphatic heterocycles. The molecule has 2 heterocycles. The fraction of sp³-hybridized carbons (Fsp3) is 0.333. The number of benzene rings is 2. The van der Waals surface area contributed by atoms with Gasteiger partial charge in [0, 0.05) is 6.54 Å². The number of likely N-dealkylation sites (tertiary alicyclic amines) is 1. The maximum atomic E-state index is 13.1. The highest BCUT2D eigenvalue weighted by Crippen LogP contribution is 2.32. The van der Waals surface area contributed by atoms with Crippen molar-refractivity contribution < 1.29 is 9.53 Å². The van der Waals surface area contributed by atoms with Crippen LogP contribution in [0.4, 0.5) is 9.93 Å². The highest BCUT2D eigenvalue weighted by molar-refractivity contribution is 7.22. The summed E-state index contributed by atoms with van der Waals surface area (Å²) in [6.07, 6.45) is 4.28. The first-order valence-electron chi connectivity index (χ1n) is 9.32. The molecular formula is C21H23N3O2S. The lowest BCUT2D eigenvalue weighted by molar-refractivity contribution is 0.189. The predicted octanol–water partition coefficient (Wildman–Crippen LogP) is 5.45. The van der Waals surface area contributed by atoms with Crippen molar-refractivity contribution in [3.8, 4) is 5.75 Å². The summed E-state index contributed by atoms with van der Waals surface area (Å²) < 4.78 is 6.34. The van der Waals surface area contributed by atoms with Crippen LogP contribution in [0.5, 0.6) is 5.75 Å². The summed E-state index contributed by atoms with van der Waals surface area (Å²) in [4.78, 5) is 19.6. The maximum absolute atomic E-state index is 13.1. The van der Waals surface area contributed by atoms with Crippen molar-refractivity contribution >= 4 is 32.7 Å². The number of ether oxygens (including phenoxy) is 1. The molecule has 2 amide bonds. The maximum Gasteiger partial charge on any atom is 0.324 e. The number of rotatable bonds is 3. The summed E-state index contributed by atoms with van der Waals surface area (Å²) >= 11 is 1.51. The van der Waals surface area contributed by atoms with Gasteiger partial charge in [-0.2, -0.15) is 0 Å². The number of amides is 2. The smallest absolute Gasteiger partial charge is 0.324 e. The van der Waals surface area contributed by atoms with E-state index in [9.17, 15) is 4.79 Å². The molecule has 1 N–H and O–H groups in total. The number of aromatic nitrogens is 1. The van der Waals surface area contributed by atoms with E-state index in [2.05, 4.69) is 22.4 Å². The number of hydrogen-bond donors (Lipinski definition) is 1. The standard InChI is InChI=1S/C21H23N3O2S/c1-26-16-12-10-15(11-13-16)18-8-3-2-6-14-24(18)21(25)23-20-22-17-7-4-5-9-19(17)27-20/h4-5,7,9-13,18H,2-3,6,8,14H2,1H3,(H,22,23,25). The SMILES string of the molecule is COc1ccc(C2CCCCCN2C(=O)Nc2nc3ccccc3s2)cc1. The first-order chi connectivity index (χ1) is 13.2. The quantitative estimate of drug-likeness (QED) is 0.656. The van der Waals surface area contributed by atoms with Crippen molar-refractivity contribution in [2.75, 3.05) is 19.0 Å². The molecule has 27 heavy (non-hydrogen) atoms. The number of carbonyl (C=O) groups is 1. The fourth-order valence-corrected chi connectivity index (χ4v) is 4.47. The van der Waals surface area contributed by atoms with Gasteiger partial charge in [0.15, 0.2) is 5.13 Å². The molecule has 3 aromatic rings. The van der Waals surface area contributed by atoms with Gasteiger partial charge < -0.3 is 9.64 Å². The number of thiazole rings is 1. The summed E-state index contributed by atoms with van der Waals surface area (Å²) in [7, 11) is 1.67. The fourth-order valence-electron chi connectivity index (χ4n) is 3.61. The third-order valence-electron chi connectivity index (χ3n) is 5.02. The van der Waals surface area contributed by atoms with E-state index >= 15 is 0 Å². The van der Waals surface area contributed by atoms with Crippen molar-refractivity contribution in [1.82, 2.24) is 9.88 Å². The van der Waals surface area contributed by atoms with Crippen LogP contribution >= 0.6 is 11.3 Å². The molecule has 1 aliphatic rings. The van der Waals surface area contributed by atoms with Crippen molar-refractivity contribution in [2.45, 2.75) is 31.7 Å². The van der Waals surface area contributed by atoms with Gasteiger partial charge in [0.2, 0.25) is 0 Å². The van der Waals surface area contributed by atoms with Gasteiger partial charge in [-0.3, -0.25) is 5.32 Å². The Balaban J connectivity index is 1.56. The third-order valence-corrected chi connectivity index (χ3v) is 5.97. The number of carbonyl (C=O) groups excluding carboxylic acids is 1. The lowest BCUT2D eigenvalue weighted by Gasteiger charge is -2.30. The number of nitrogens with zero attached hydrogens (tertiary/aromatic N) is 2. The molecule has 1 atom stereocenters. The molecule has 6 heteroatoms. The van der Waals surface area contributed by atoms with Gasteiger partial charge in [0.25, 0.3) is 0 Å². The molecule has 0 spiro atoms. The average Bonchev–Trinajstić information content (AvgIpc) is 2.94. The number of methoxy groups -OCH3 is 1. The average molecular weight is 382 g/mol. The molecule has 1 unspecified atom stereocenters. The Morgan fingerprint density at radius 3 is 2.74 bits per heavy atom. The largest absolute Gasteiger partial charge is 0.497 e. The molecule has 1 fully saturated rings. The highest BCUT2D eigenvalue weighted by atomic mass is 32.1. The monoisotopic (exact) mass is 381 g/mol. The van der Waals surface area contributed by atoms with Gasteiger partial charge in [-0.05, 0) is 42.7 Å². The van der Waals surface area contributed by atoms with E-state index in [1.54, 1.807) is 7.11 Å². The molecule has 2 aromatic carbocycles. The number of urea groups is 1. The van der Waals surface area contributed by atoms with Gasteiger partial charge in [0.05, 0.1) is 23.4 Å². The molecule has 5 nitrogen and oxygen atoms in total. The summed E-state index contributed by atoms with van der Waals surface area (Å²) in [5.41, 5.74) is 2.07. The van der Waals surface area contributed by atoms with E-state index in [0.29, 0.717) is 5.13 Å². The Morgan fingerprint density at radius 2 is 1.96 bits per heavy atom. The lowest BCUT2D eigenvalue weighted by Crippen LogP contribution is -2.38. The van der Waals surface area contributed by atoms with Crippen LogP contribution in [0.2, 0.25) is 0 Å². The third kappa shape index (κ3) is 3.90. The second-order valence-corrected chi connectivity index (χ2v) is 7.78. The van der Waals surface area contributed by atoms with E-state index in [1.165, 1.54) is 11.3 Å². The minimum Gasteiger partial charge on any atom is -0.497 e. The van der Waals surface area contributed by atoms with E-state index in [4.69, 9.17) is 4.74 Å². The molecule has 0 saturated carbocycles. The normalized spacial score (nSPS) is 17.5. The summed E-state index contributed by atoms with van der Waals surface area (Å²) in [5, 5.41) is 3.67. The zero-order valence-corrected chi connectivity index (χ0v) is 16.2. The molecule has 0 radical (unpaired) electrons. The van der Waals surface area contributed by atoms with Crippen LogP contribution in [0.3, 0.4) is 0 Å². The van der Waals surface area contributed by atoms with Gasteiger partial charge in [-0.15, -0.1) is 0 Å². The van der Waals surface area contributed by atoms with Crippen molar-refractivity contribution in [3.05, 3.63) is 54.1 Å². The number of anilines is 1. The number of fused-ring (bicyclic) bond motifs is 1.